The summed E-state index contributed by atoms with van der Waals surface area (Å²) in [5, 5.41) is 7.10. The highest BCUT2D eigenvalue weighted by molar-refractivity contribution is 14.0. The lowest BCUT2D eigenvalue weighted by atomic mass is 9.80. The number of guanidine groups is 1. The van der Waals surface area contributed by atoms with E-state index in [1.54, 1.807) is 7.11 Å². The maximum atomic E-state index is 5.61. The number of nitrogens with one attached hydrogen (secondary N) is 2. The first-order chi connectivity index (χ1) is 14.3. The van der Waals surface area contributed by atoms with Crippen LogP contribution in [0.1, 0.15) is 50.2 Å². The van der Waals surface area contributed by atoms with Crippen LogP contribution in [0.4, 0.5) is 0 Å². The number of nitrogens with zero attached hydrogens (tertiary/aromatic N) is 2. The molecular formula is C23H39IN4O2. The Bertz CT molecular complexity index is 644. The second-order valence-electron chi connectivity index (χ2n) is 8.13. The van der Waals surface area contributed by atoms with E-state index < -0.39 is 0 Å². The first kappa shape index (κ1) is 25.4. The molecule has 0 radical (unpaired) electrons. The molecule has 1 aliphatic carbocycles. The van der Waals surface area contributed by atoms with Crippen molar-refractivity contribution in [1.82, 2.24) is 15.5 Å². The molecule has 1 aliphatic heterocycles. The molecule has 30 heavy (non-hydrogen) atoms. The minimum atomic E-state index is 0. The van der Waals surface area contributed by atoms with E-state index in [9.17, 15) is 0 Å². The molecule has 3 rings (SSSR count). The van der Waals surface area contributed by atoms with Crippen LogP contribution in [0.5, 0.6) is 0 Å². The fraction of sp³-hybridized carbons (Fsp3) is 0.696. The lowest BCUT2D eigenvalue weighted by molar-refractivity contribution is -0.0352. The van der Waals surface area contributed by atoms with E-state index in [4.69, 9.17) is 14.5 Å². The molecule has 0 bridgehead atoms. The van der Waals surface area contributed by atoms with Gasteiger partial charge in [-0.2, -0.15) is 0 Å². The third kappa shape index (κ3) is 7.07. The van der Waals surface area contributed by atoms with E-state index in [-0.39, 0.29) is 29.5 Å². The second-order valence-corrected chi connectivity index (χ2v) is 8.13. The minimum absolute atomic E-state index is 0. The zero-order valence-corrected chi connectivity index (χ0v) is 21.0. The quantitative estimate of drug-likeness (QED) is 0.306. The Balaban J connectivity index is 0.00000320. The summed E-state index contributed by atoms with van der Waals surface area (Å²) in [5.41, 5.74) is 2.64. The van der Waals surface area contributed by atoms with Crippen LogP contribution in [-0.4, -0.2) is 62.9 Å². The predicted molar refractivity (Wildman–Crippen MR) is 134 cm³/mol. The van der Waals surface area contributed by atoms with Crippen molar-refractivity contribution < 1.29 is 9.47 Å². The normalized spacial score (nSPS) is 19.7. The lowest BCUT2D eigenvalue weighted by Crippen LogP contribution is -2.60. The van der Waals surface area contributed by atoms with E-state index in [0.29, 0.717) is 13.2 Å². The first-order valence-corrected chi connectivity index (χ1v) is 11.2. The topological polar surface area (TPSA) is 58.1 Å². The number of hydrogen-bond donors (Lipinski definition) is 2. The van der Waals surface area contributed by atoms with Gasteiger partial charge in [0, 0.05) is 38.8 Å². The summed E-state index contributed by atoms with van der Waals surface area (Å²) in [6.07, 6.45) is 6.51. The van der Waals surface area contributed by atoms with Gasteiger partial charge in [-0.3, -0.25) is 4.90 Å². The van der Waals surface area contributed by atoms with Gasteiger partial charge in [0.25, 0.3) is 0 Å². The number of hydrogen-bond acceptors (Lipinski definition) is 4. The maximum Gasteiger partial charge on any atom is 0.191 e. The summed E-state index contributed by atoms with van der Waals surface area (Å²) in [6.45, 7) is 8.98. The van der Waals surface area contributed by atoms with Gasteiger partial charge in [-0.15, -0.1) is 24.0 Å². The molecular weight excluding hydrogens is 491 g/mol. The monoisotopic (exact) mass is 530 g/mol. The highest BCUT2D eigenvalue weighted by Crippen LogP contribution is 2.33. The van der Waals surface area contributed by atoms with Gasteiger partial charge in [-0.05, 0) is 30.9 Å². The highest BCUT2D eigenvalue weighted by atomic mass is 127. The number of rotatable bonds is 8. The molecule has 1 aromatic rings. The van der Waals surface area contributed by atoms with Crippen LogP contribution in [0.2, 0.25) is 0 Å². The molecule has 1 saturated heterocycles. The van der Waals surface area contributed by atoms with Crippen LogP contribution in [0.25, 0.3) is 0 Å². The summed E-state index contributed by atoms with van der Waals surface area (Å²) < 4.78 is 10.9. The zero-order valence-electron chi connectivity index (χ0n) is 18.6. The fourth-order valence-electron chi connectivity index (χ4n) is 4.61. The Labute approximate surface area is 199 Å². The largest absolute Gasteiger partial charge is 0.380 e. The highest BCUT2D eigenvalue weighted by Gasteiger charge is 2.38. The molecule has 0 aromatic heterocycles. The van der Waals surface area contributed by atoms with Gasteiger partial charge in [0.1, 0.15) is 0 Å². The number of halogens is 1. The van der Waals surface area contributed by atoms with Gasteiger partial charge in [0.15, 0.2) is 5.96 Å². The number of ether oxygens (including phenoxy) is 2. The Morgan fingerprint density at radius 2 is 1.80 bits per heavy atom. The molecule has 0 unspecified atom stereocenters. The van der Waals surface area contributed by atoms with Crippen LogP contribution in [-0.2, 0) is 22.6 Å². The van der Waals surface area contributed by atoms with Crippen molar-refractivity contribution >= 4 is 29.9 Å². The van der Waals surface area contributed by atoms with Crippen molar-refractivity contribution in [3.63, 3.8) is 0 Å². The van der Waals surface area contributed by atoms with Crippen LogP contribution in [0, 0.1) is 0 Å². The van der Waals surface area contributed by atoms with Crippen LogP contribution in [0.3, 0.4) is 0 Å². The van der Waals surface area contributed by atoms with Crippen LogP contribution in [0.15, 0.2) is 29.3 Å². The summed E-state index contributed by atoms with van der Waals surface area (Å²) in [5.74, 6) is 0.901. The molecule has 0 amide bonds. The van der Waals surface area contributed by atoms with Gasteiger partial charge in [-0.25, -0.2) is 4.99 Å². The van der Waals surface area contributed by atoms with E-state index in [0.717, 1.165) is 45.4 Å². The smallest absolute Gasteiger partial charge is 0.191 e. The van der Waals surface area contributed by atoms with E-state index in [1.165, 1.54) is 43.2 Å². The number of benzene rings is 1. The Kier molecular flexibility index (Phi) is 11.4. The lowest BCUT2D eigenvalue weighted by Gasteiger charge is -2.48. The zero-order chi connectivity index (χ0) is 20.4. The van der Waals surface area contributed by atoms with Crippen molar-refractivity contribution in [2.24, 2.45) is 4.99 Å². The first-order valence-electron chi connectivity index (χ1n) is 11.2. The fourth-order valence-corrected chi connectivity index (χ4v) is 4.61. The van der Waals surface area contributed by atoms with Crippen molar-refractivity contribution in [2.45, 2.75) is 57.7 Å². The molecule has 1 saturated carbocycles. The molecule has 1 aromatic carbocycles. The van der Waals surface area contributed by atoms with E-state index in [2.05, 4.69) is 46.7 Å². The molecule has 2 fully saturated rings. The van der Waals surface area contributed by atoms with E-state index >= 15 is 0 Å². The van der Waals surface area contributed by atoms with Gasteiger partial charge in [0.2, 0.25) is 0 Å². The molecule has 2 N–H and O–H groups in total. The average Bonchev–Trinajstić information content (AvgIpc) is 2.78. The van der Waals surface area contributed by atoms with E-state index in [1.807, 2.05) is 0 Å². The van der Waals surface area contributed by atoms with Crippen molar-refractivity contribution in [3.05, 3.63) is 35.4 Å². The summed E-state index contributed by atoms with van der Waals surface area (Å²) in [4.78, 5) is 7.55. The van der Waals surface area contributed by atoms with Crippen LogP contribution >= 0.6 is 24.0 Å². The third-order valence-corrected chi connectivity index (χ3v) is 6.22. The Morgan fingerprint density at radius 3 is 2.47 bits per heavy atom. The number of aliphatic imine (C=N–C) groups is 1. The number of morpholine rings is 1. The Hall–Kier alpha value is -0.900. The summed E-state index contributed by atoms with van der Waals surface area (Å²) in [6, 6.07) is 8.38. The average molecular weight is 530 g/mol. The summed E-state index contributed by atoms with van der Waals surface area (Å²) in [7, 11) is 1.74. The maximum absolute atomic E-state index is 5.61. The SMILES string of the molecule is CCNC(=NCc1ccccc1COC)NCC1(N2CCOCC2)CCCCC1.I. The van der Waals surface area contributed by atoms with Crippen molar-refractivity contribution in [1.29, 1.82) is 0 Å². The molecule has 6 nitrogen and oxygen atoms in total. The number of methoxy groups -OCH3 is 1. The van der Waals surface area contributed by atoms with Gasteiger partial charge in [-0.1, -0.05) is 43.5 Å². The van der Waals surface area contributed by atoms with Gasteiger partial charge < -0.3 is 20.1 Å². The van der Waals surface area contributed by atoms with Crippen molar-refractivity contribution in [2.75, 3.05) is 46.5 Å². The summed E-state index contributed by atoms with van der Waals surface area (Å²) >= 11 is 0. The van der Waals surface area contributed by atoms with Gasteiger partial charge >= 0.3 is 0 Å². The molecule has 1 heterocycles. The molecule has 0 atom stereocenters. The molecule has 170 valence electrons. The second kappa shape index (κ2) is 13.5. The van der Waals surface area contributed by atoms with Crippen LogP contribution < -0.4 is 10.6 Å². The van der Waals surface area contributed by atoms with Crippen molar-refractivity contribution in [3.8, 4) is 0 Å². The van der Waals surface area contributed by atoms with Gasteiger partial charge in [0.05, 0.1) is 26.4 Å². The third-order valence-electron chi connectivity index (χ3n) is 6.22. The molecule has 2 aliphatic rings. The molecule has 7 heteroatoms. The standard InChI is InChI=1S/C23H38N4O2.HI/c1-3-24-22(25-17-20-9-5-6-10-21(20)18-28-2)26-19-23(11-7-4-8-12-23)27-13-15-29-16-14-27;/h5-6,9-10H,3-4,7-8,11-19H2,1-2H3,(H2,24,25,26);1H. The predicted octanol–water partition coefficient (Wildman–Crippen LogP) is 3.54. The molecule has 0 spiro atoms. The Morgan fingerprint density at radius 1 is 1.10 bits per heavy atom. The minimum Gasteiger partial charge on any atom is -0.380 e.